The first-order valence-corrected chi connectivity index (χ1v) is 9.00. The summed E-state index contributed by atoms with van der Waals surface area (Å²) < 4.78 is 0.608. The normalized spacial score (nSPS) is 9.86. The Balaban J connectivity index is 0.000000292. The Bertz CT molecular complexity index is 858. The van der Waals surface area contributed by atoms with E-state index < -0.39 is 23.9 Å². The van der Waals surface area contributed by atoms with Crippen molar-refractivity contribution < 1.29 is 39.6 Å². The number of hydrogen-bond donors (Lipinski definition) is 4. The van der Waals surface area contributed by atoms with Crippen molar-refractivity contribution in [3.05, 3.63) is 66.6 Å². The second-order valence-corrected chi connectivity index (χ2v) is 7.01. The second-order valence-electron chi connectivity index (χ2n) is 5.43. The van der Waals surface area contributed by atoms with Gasteiger partial charge in [0.1, 0.15) is 0 Å². The Morgan fingerprint density at radius 3 is 1.04 bits per heavy atom. The lowest BCUT2D eigenvalue weighted by molar-refractivity contribution is 0.0678. The Kier molecular flexibility index (Phi) is 7.89. The lowest BCUT2D eigenvalue weighted by Crippen LogP contribution is -2.10. The predicted octanol–water partition coefficient (Wildman–Crippen LogP) is 4.31. The molecule has 0 radical (unpaired) electrons. The molecule has 2 aromatic carbocycles. The Hall–Kier alpha value is -2.72. The van der Waals surface area contributed by atoms with E-state index in [4.69, 9.17) is 20.4 Å². The van der Waals surface area contributed by atoms with E-state index in [1.165, 1.54) is 24.3 Å². The molecule has 0 saturated heterocycles. The van der Waals surface area contributed by atoms with Crippen molar-refractivity contribution in [3.8, 4) is 0 Å². The summed E-state index contributed by atoms with van der Waals surface area (Å²) in [6, 6.07) is 5.02. The summed E-state index contributed by atoms with van der Waals surface area (Å²) >= 11 is 6.24. The molecule has 0 saturated carbocycles. The maximum atomic E-state index is 11.0. The van der Waals surface area contributed by atoms with Crippen LogP contribution >= 0.6 is 31.9 Å². The number of hydrogen-bond acceptors (Lipinski definition) is 4. The second kappa shape index (κ2) is 9.47. The van der Waals surface area contributed by atoms with Gasteiger partial charge in [-0.1, -0.05) is 0 Å². The highest BCUT2D eigenvalue weighted by molar-refractivity contribution is 9.11. The van der Waals surface area contributed by atoms with E-state index in [1.54, 1.807) is 13.8 Å². The average molecular weight is 518 g/mol. The highest BCUT2D eigenvalue weighted by Crippen LogP contribution is 2.34. The summed E-state index contributed by atoms with van der Waals surface area (Å²) in [5.41, 5.74) is 1.11. The van der Waals surface area contributed by atoms with Crippen molar-refractivity contribution in [1.29, 1.82) is 0 Å². The molecule has 2 rings (SSSR count). The zero-order valence-electron chi connectivity index (χ0n) is 14.5. The van der Waals surface area contributed by atoms with E-state index >= 15 is 0 Å². The van der Waals surface area contributed by atoms with Crippen molar-refractivity contribution in [1.82, 2.24) is 0 Å². The van der Waals surface area contributed by atoms with Crippen LogP contribution in [0.3, 0.4) is 0 Å². The molecule has 0 unspecified atom stereocenters. The van der Waals surface area contributed by atoms with E-state index in [1.807, 2.05) is 0 Å². The van der Waals surface area contributed by atoms with Crippen molar-refractivity contribution >= 4 is 55.7 Å². The van der Waals surface area contributed by atoms with Gasteiger partial charge in [-0.05, 0) is 81.1 Å². The topological polar surface area (TPSA) is 149 Å². The van der Waals surface area contributed by atoms with Crippen LogP contribution in [0.15, 0.2) is 33.2 Å². The molecule has 0 aliphatic rings. The first kappa shape index (κ1) is 23.3. The third-order valence-corrected chi connectivity index (χ3v) is 5.64. The SMILES string of the molecule is Cc1c(Br)c(C(=O)O)c(C)c(Br)c1C(=O)O.O=C(O)c1ccc(C(=O)O)cc1. The summed E-state index contributed by atoms with van der Waals surface area (Å²) in [7, 11) is 0. The first-order valence-electron chi connectivity index (χ1n) is 7.41. The molecule has 0 spiro atoms. The number of halogens is 2. The summed E-state index contributed by atoms with van der Waals surface area (Å²) in [5.74, 6) is -4.31. The molecule has 0 aliphatic heterocycles. The number of benzene rings is 2. The first-order chi connectivity index (χ1) is 12.9. The number of rotatable bonds is 4. The molecule has 0 atom stereocenters. The van der Waals surface area contributed by atoms with Crippen molar-refractivity contribution in [2.24, 2.45) is 0 Å². The van der Waals surface area contributed by atoms with E-state index in [-0.39, 0.29) is 22.3 Å². The van der Waals surface area contributed by atoms with Gasteiger partial charge in [-0.2, -0.15) is 0 Å². The van der Waals surface area contributed by atoms with E-state index in [9.17, 15) is 19.2 Å². The molecule has 28 heavy (non-hydrogen) atoms. The van der Waals surface area contributed by atoms with E-state index in [0.29, 0.717) is 20.1 Å². The van der Waals surface area contributed by atoms with Crippen LogP contribution in [0.5, 0.6) is 0 Å². The number of carboxylic acid groups (broad SMARTS) is 4. The monoisotopic (exact) mass is 516 g/mol. The van der Waals surface area contributed by atoms with Crippen LogP contribution in [0.4, 0.5) is 0 Å². The van der Waals surface area contributed by atoms with Crippen LogP contribution in [-0.4, -0.2) is 44.3 Å². The van der Waals surface area contributed by atoms with Crippen LogP contribution in [-0.2, 0) is 0 Å². The molecule has 0 aromatic heterocycles. The van der Waals surface area contributed by atoms with Crippen LogP contribution in [0.25, 0.3) is 0 Å². The van der Waals surface area contributed by atoms with E-state index in [0.717, 1.165) is 0 Å². The third-order valence-electron chi connectivity index (χ3n) is 3.65. The minimum absolute atomic E-state index is 0.0781. The van der Waals surface area contributed by atoms with E-state index in [2.05, 4.69) is 31.9 Å². The third kappa shape index (κ3) is 5.17. The van der Waals surface area contributed by atoms with Gasteiger partial charge >= 0.3 is 23.9 Å². The summed E-state index contributed by atoms with van der Waals surface area (Å²) in [6.45, 7) is 3.12. The van der Waals surface area contributed by atoms with Gasteiger partial charge in [-0.25, -0.2) is 19.2 Å². The van der Waals surface area contributed by atoms with Crippen LogP contribution < -0.4 is 0 Å². The summed E-state index contributed by atoms with van der Waals surface area (Å²) in [6.07, 6.45) is 0. The van der Waals surface area contributed by atoms with Gasteiger partial charge in [0, 0.05) is 8.95 Å². The summed E-state index contributed by atoms with van der Waals surface area (Å²) in [4.78, 5) is 42.7. The molecule has 2 aromatic rings. The molecule has 0 heterocycles. The van der Waals surface area contributed by atoms with Crippen molar-refractivity contribution in [2.45, 2.75) is 13.8 Å². The van der Waals surface area contributed by atoms with Crippen LogP contribution in [0.2, 0.25) is 0 Å². The zero-order valence-corrected chi connectivity index (χ0v) is 17.7. The maximum Gasteiger partial charge on any atom is 0.337 e. The largest absolute Gasteiger partial charge is 0.478 e. The number of aromatic carboxylic acids is 4. The molecule has 8 nitrogen and oxygen atoms in total. The lowest BCUT2D eigenvalue weighted by atomic mass is 10.00. The van der Waals surface area contributed by atoms with Crippen molar-refractivity contribution in [3.63, 3.8) is 0 Å². The molecule has 148 valence electrons. The quantitative estimate of drug-likeness (QED) is 0.468. The fourth-order valence-electron chi connectivity index (χ4n) is 2.19. The van der Waals surface area contributed by atoms with Gasteiger partial charge in [0.25, 0.3) is 0 Å². The molecule has 0 fully saturated rings. The molecule has 0 aliphatic carbocycles. The zero-order chi connectivity index (χ0) is 21.8. The van der Waals surface area contributed by atoms with Gasteiger partial charge in [0.2, 0.25) is 0 Å². The Morgan fingerprint density at radius 2 is 0.857 bits per heavy atom. The smallest absolute Gasteiger partial charge is 0.337 e. The minimum Gasteiger partial charge on any atom is -0.478 e. The standard InChI is InChI=1S/C10H8Br2O4.C8H6O4/c1-3-5(9(13)14)8(12)4(2)6(7(3)11)10(15)16;9-7(10)5-1-2-6(4-3-5)8(11)12/h1-2H3,(H,13,14)(H,15,16);1-4H,(H,9,10)(H,11,12). The molecule has 0 amide bonds. The lowest BCUT2D eigenvalue weighted by Gasteiger charge is -2.13. The molecule has 10 heteroatoms. The molecular weight excluding hydrogens is 504 g/mol. The molecule has 0 bridgehead atoms. The fourth-order valence-corrected chi connectivity index (χ4v) is 3.52. The highest BCUT2D eigenvalue weighted by atomic mass is 79.9. The van der Waals surface area contributed by atoms with Gasteiger partial charge in [0.15, 0.2) is 0 Å². The van der Waals surface area contributed by atoms with Gasteiger partial charge in [-0.15, -0.1) is 0 Å². The summed E-state index contributed by atoms with van der Waals surface area (Å²) in [5, 5.41) is 35.0. The molecular formula is C18H14Br2O8. The fraction of sp³-hybridized carbons (Fsp3) is 0.111. The Labute approximate surface area is 175 Å². The van der Waals surface area contributed by atoms with Gasteiger partial charge < -0.3 is 20.4 Å². The van der Waals surface area contributed by atoms with Crippen molar-refractivity contribution in [2.75, 3.05) is 0 Å². The number of carbonyl (C=O) groups is 4. The van der Waals surface area contributed by atoms with Crippen LogP contribution in [0.1, 0.15) is 52.6 Å². The maximum absolute atomic E-state index is 11.0. The van der Waals surface area contributed by atoms with Crippen LogP contribution in [0, 0.1) is 13.8 Å². The highest BCUT2D eigenvalue weighted by Gasteiger charge is 2.24. The average Bonchev–Trinajstić information content (AvgIpc) is 2.60. The molecule has 4 N–H and O–H groups in total. The van der Waals surface area contributed by atoms with Gasteiger partial charge in [-0.3, -0.25) is 0 Å². The number of carboxylic acids is 4. The minimum atomic E-state index is -1.09. The van der Waals surface area contributed by atoms with Gasteiger partial charge in [0.05, 0.1) is 22.3 Å². The predicted molar refractivity (Wildman–Crippen MR) is 106 cm³/mol. The Morgan fingerprint density at radius 1 is 0.607 bits per heavy atom.